The molecule has 1 aromatic carbocycles. The van der Waals surface area contributed by atoms with Gasteiger partial charge in [-0.2, -0.15) is 0 Å². The number of aryl methyl sites for hydroxylation is 1. The van der Waals surface area contributed by atoms with Gasteiger partial charge in [0.25, 0.3) is 0 Å². The number of carbonyl (C=O) groups is 1. The van der Waals surface area contributed by atoms with Gasteiger partial charge in [-0.3, -0.25) is 0 Å². The number of halogens is 1. The average molecular weight is 327 g/mol. The van der Waals surface area contributed by atoms with Crippen molar-refractivity contribution in [1.82, 2.24) is 5.32 Å². The molecule has 2 atom stereocenters. The van der Waals surface area contributed by atoms with E-state index in [9.17, 15) is 9.90 Å². The molecule has 0 radical (unpaired) electrons. The van der Waals surface area contributed by atoms with Crippen LogP contribution in [0.25, 0.3) is 0 Å². The summed E-state index contributed by atoms with van der Waals surface area (Å²) in [5.41, 5.74) is 1.82. The van der Waals surface area contributed by atoms with Crippen LogP contribution in [0.2, 0.25) is 0 Å². The van der Waals surface area contributed by atoms with Crippen LogP contribution in [-0.2, 0) is 0 Å². The van der Waals surface area contributed by atoms with Crippen molar-refractivity contribution in [2.45, 2.75) is 44.8 Å². The molecule has 1 fully saturated rings. The number of urea groups is 1. The summed E-state index contributed by atoms with van der Waals surface area (Å²) >= 11 is 3.42. The summed E-state index contributed by atoms with van der Waals surface area (Å²) < 4.78 is 1.01. The summed E-state index contributed by atoms with van der Waals surface area (Å²) in [5.74, 6) is 0. The Bertz CT molecular complexity index is 465. The van der Waals surface area contributed by atoms with Crippen molar-refractivity contribution < 1.29 is 9.90 Å². The fourth-order valence-electron chi connectivity index (χ4n) is 2.34. The van der Waals surface area contributed by atoms with Gasteiger partial charge in [0.15, 0.2) is 0 Å². The van der Waals surface area contributed by atoms with Crippen LogP contribution in [0.4, 0.5) is 10.5 Å². The minimum Gasteiger partial charge on any atom is -0.391 e. The molecule has 2 rings (SSSR count). The Kier molecular flexibility index (Phi) is 4.82. The van der Waals surface area contributed by atoms with Crippen molar-refractivity contribution in [2.75, 3.05) is 5.32 Å². The predicted molar refractivity (Wildman–Crippen MR) is 79.3 cm³/mol. The van der Waals surface area contributed by atoms with Crippen LogP contribution in [0.3, 0.4) is 0 Å². The van der Waals surface area contributed by atoms with Gasteiger partial charge in [0, 0.05) is 10.2 Å². The first kappa shape index (κ1) is 14.3. The van der Waals surface area contributed by atoms with E-state index in [1.165, 1.54) is 0 Å². The molecule has 0 aromatic heterocycles. The van der Waals surface area contributed by atoms with E-state index < -0.39 is 6.10 Å². The summed E-state index contributed by atoms with van der Waals surface area (Å²) in [5, 5.41) is 15.5. The van der Waals surface area contributed by atoms with E-state index in [0.29, 0.717) is 0 Å². The van der Waals surface area contributed by atoms with Gasteiger partial charge in [-0.1, -0.05) is 28.8 Å². The molecule has 4 nitrogen and oxygen atoms in total. The van der Waals surface area contributed by atoms with Crippen molar-refractivity contribution in [1.29, 1.82) is 0 Å². The molecule has 1 aliphatic rings. The highest BCUT2D eigenvalue weighted by Crippen LogP contribution is 2.21. The van der Waals surface area contributed by atoms with Gasteiger partial charge in [0.05, 0.1) is 12.1 Å². The average Bonchev–Trinajstić information content (AvgIpc) is 2.37. The molecule has 0 saturated heterocycles. The maximum absolute atomic E-state index is 11.9. The van der Waals surface area contributed by atoms with E-state index in [0.717, 1.165) is 41.4 Å². The molecule has 0 heterocycles. The third kappa shape index (κ3) is 3.94. The van der Waals surface area contributed by atoms with Gasteiger partial charge in [-0.25, -0.2) is 4.79 Å². The lowest BCUT2D eigenvalue weighted by Crippen LogP contribution is -2.46. The van der Waals surface area contributed by atoms with E-state index in [1.54, 1.807) is 0 Å². The largest absolute Gasteiger partial charge is 0.391 e. The summed E-state index contributed by atoms with van der Waals surface area (Å²) in [4.78, 5) is 11.9. The van der Waals surface area contributed by atoms with E-state index in [4.69, 9.17) is 0 Å². The van der Waals surface area contributed by atoms with Crippen LogP contribution in [0, 0.1) is 6.92 Å². The second kappa shape index (κ2) is 6.39. The zero-order valence-electron chi connectivity index (χ0n) is 10.9. The lowest BCUT2D eigenvalue weighted by atomic mass is 9.93. The molecule has 1 aromatic rings. The number of aliphatic hydroxyl groups excluding tert-OH is 1. The second-order valence-corrected chi connectivity index (χ2v) is 5.88. The van der Waals surface area contributed by atoms with E-state index in [-0.39, 0.29) is 12.1 Å². The summed E-state index contributed by atoms with van der Waals surface area (Å²) in [6, 6.07) is 5.26. The quantitative estimate of drug-likeness (QED) is 0.781. The highest BCUT2D eigenvalue weighted by atomic mass is 79.9. The maximum Gasteiger partial charge on any atom is 0.319 e. The van der Waals surface area contributed by atoms with Gasteiger partial charge >= 0.3 is 6.03 Å². The van der Waals surface area contributed by atoms with Crippen LogP contribution < -0.4 is 10.6 Å². The van der Waals surface area contributed by atoms with Crippen molar-refractivity contribution in [3.8, 4) is 0 Å². The molecule has 19 heavy (non-hydrogen) atoms. The van der Waals surface area contributed by atoms with Crippen LogP contribution in [0.5, 0.6) is 0 Å². The zero-order chi connectivity index (χ0) is 13.8. The Hall–Kier alpha value is -1.07. The monoisotopic (exact) mass is 326 g/mol. The Morgan fingerprint density at radius 1 is 1.37 bits per heavy atom. The number of carbonyl (C=O) groups excluding carboxylic acids is 1. The van der Waals surface area contributed by atoms with E-state index >= 15 is 0 Å². The Balaban J connectivity index is 1.91. The van der Waals surface area contributed by atoms with Crippen molar-refractivity contribution in [3.63, 3.8) is 0 Å². The number of nitrogens with one attached hydrogen (secondary N) is 2. The molecule has 1 saturated carbocycles. The first-order valence-electron chi connectivity index (χ1n) is 6.58. The fourth-order valence-corrected chi connectivity index (χ4v) is 2.58. The van der Waals surface area contributed by atoms with E-state index in [2.05, 4.69) is 26.6 Å². The van der Waals surface area contributed by atoms with Gasteiger partial charge in [0.2, 0.25) is 0 Å². The molecule has 0 aliphatic heterocycles. The number of amides is 2. The first-order valence-corrected chi connectivity index (χ1v) is 7.37. The van der Waals surface area contributed by atoms with Crippen molar-refractivity contribution in [3.05, 3.63) is 28.2 Å². The molecule has 5 heteroatoms. The summed E-state index contributed by atoms with van der Waals surface area (Å²) in [7, 11) is 0. The third-order valence-electron chi connectivity index (χ3n) is 3.46. The molecule has 2 unspecified atom stereocenters. The highest BCUT2D eigenvalue weighted by molar-refractivity contribution is 9.10. The van der Waals surface area contributed by atoms with Crippen LogP contribution in [-0.4, -0.2) is 23.3 Å². The standard InChI is InChI=1S/C14H19BrN2O2/c1-9-8-10(6-7-11(9)15)16-14(19)17-12-4-2-3-5-13(12)18/h6-8,12-13,18H,2-5H2,1H3,(H2,16,17,19). The highest BCUT2D eigenvalue weighted by Gasteiger charge is 2.24. The lowest BCUT2D eigenvalue weighted by molar-refractivity contribution is 0.0955. The smallest absolute Gasteiger partial charge is 0.319 e. The second-order valence-electron chi connectivity index (χ2n) is 5.02. The lowest BCUT2D eigenvalue weighted by Gasteiger charge is -2.28. The Labute approximate surface area is 121 Å². The van der Waals surface area contributed by atoms with Crippen LogP contribution in [0.15, 0.2) is 22.7 Å². The topological polar surface area (TPSA) is 61.4 Å². The zero-order valence-corrected chi connectivity index (χ0v) is 12.5. The van der Waals surface area contributed by atoms with Gasteiger partial charge in [-0.05, 0) is 43.5 Å². The molecule has 3 N–H and O–H groups in total. The Morgan fingerprint density at radius 3 is 2.79 bits per heavy atom. The minimum atomic E-state index is -0.425. The molecule has 104 valence electrons. The van der Waals surface area contributed by atoms with Gasteiger partial charge < -0.3 is 15.7 Å². The van der Waals surface area contributed by atoms with E-state index in [1.807, 2.05) is 25.1 Å². The number of aliphatic hydroxyl groups is 1. The number of anilines is 1. The van der Waals surface area contributed by atoms with Gasteiger partial charge in [0.1, 0.15) is 0 Å². The molecular formula is C14H19BrN2O2. The summed E-state index contributed by atoms with van der Waals surface area (Å²) in [6.07, 6.45) is 3.27. The minimum absolute atomic E-state index is 0.134. The number of hydrogen-bond acceptors (Lipinski definition) is 2. The SMILES string of the molecule is Cc1cc(NC(=O)NC2CCCCC2O)ccc1Br. The van der Waals surface area contributed by atoms with Gasteiger partial charge in [-0.15, -0.1) is 0 Å². The van der Waals surface area contributed by atoms with Crippen LogP contribution >= 0.6 is 15.9 Å². The summed E-state index contributed by atoms with van der Waals surface area (Å²) in [6.45, 7) is 1.97. The molecular weight excluding hydrogens is 308 g/mol. The number of benzene rings is 1. The predicted octanol–water partition coefficient (Wildman–Crippen LogP) is 3.18. The fraction of sp³-hybridized carbons (Fsp3) is 0.500. The number of hydrogen-bond donors (Lipinski definition) is 3. The maximum atomic E-state index is 11.9. The van der Waals surface area contributed by atoms with Crippen LogP contribution in [0.1, 0.15) is 31.2 Å². The Morgan fingerprint density at radius 2 is 2.11 bits per heavy atom. The molecule has 0 spiro atoms. The van der Waals surface area contributed by atoms with Crippen molar-refractivity contribution >= 4 is 27.6 Å². The molecule has 2 amide bonds. The normalized spacial score (nSPS) is 22.9. The first-order chi connectivity index (χ1) is 9.06. The third-order valence-corrected chi connectivity index (χ3v) is 4.35. The molecule has 1 aliphatic carbocycles. The van der Waals surface area contributed by atoms with Crippen molar-refractivity contribution in [2.24, 2.45) is 0 Å². The number of rotatable bonds is 2. The molecule has 0 bridgehead atoms.